The Kier molecular flexibility index (Phi) is 5.15. The maximum Gasteiger partial charge on any atom is 0.282 e. The predicted molar refractivity (Wildman–Crippen MR) is 124 cm³/mol. The number of hydrogen-bond acceptors (Lipinski definition) is 5. The van der Waals surface area contributed by atoms with Gasteiger partial charge in [-0.3, -0.25) is 9.59 Å². The molecule has 2 aliphatic rings. The van der Waals surface area contributed by atoms with Crippen LogP contribution in [0.25, 0.3) is 5.57 Å². The summed E-state index contributed by atoms with van der Waals surface area (Å²) >= 11 is 0. The molecule has 0 aliphatic carbocycles. The molecular weight excluding hydrogens is 414 g/mol. The van der Waals surface area contributed by atoms with Crippen molar-refractivity contribution >= 4 is 23.1 Å². The molecule has 6 heteroatoms. The maximum absolute atomic E-state index is 13.8. The van der Waals surface area contributed by atoms with E-state index in [1.807, 2.05) is 29.2 Å². The summed E-state index contributed by atoms with van der Waals surface area (Å²) in [5.41, 5.74) is 4.60. The third-order valence-corrected chi connectivity index (χ3v) is 6.14. The summed E-state index contributed by atoms with van der Waals surface area (Å²) < 4.78 is 5.53. The van der Waals surface area contributed by atoms with Crippen molar-refractivity contribution in [3.8, 4) is 11.8 Å². The van der Waals surface area contributed by atoms with Gasteiger partial charge in [-0.05, 0) is 47.9 Å². The molecule has 0 atom stereocenters. The third kappa shape index (κ3) is 3.44. The summed E-state index contributed by atoms with van der Waals surface area (Å²) in [6.07, 6.45) is 0.789. The van der Waals surface area contributed by atoms with E-state index in [4.69, 9.17) is 10.00 Å². The van der Waals surface area contributed by atoms with Crippen molar-refractivity contribution in [1.29, 1.82) is 5.26 Å². The van der Waals surface area contributed by atoms with E-state index in [0.29, 0.717) is 46.9 Å². The van der Waals surface area contributed by atoms with Gasteiger partial charge in [0, 0.05) is 18.7 Å². The summed E-state index contributed by atoms with van der Waals surface area (Å²) in [7, 11) is 1.55. The van der Waals surface area contributed by atoms with Crippen LogP contribution in [0, 0.1) is 11.3 Å². The number of methoxy groups -OCH3 is 1. The first kappa shape index (κ1) is 20.5. The van der Waals surface area contributed by atoms with Crippen LogP contribution in [0.5, 0.6) is 5.75 Å². The first-order chi connectivity index (χ1) is 16.1. The number of carbonyl (C=O) groups is 2. The number of hydrogen-bond donors (Lipinski definition) is 0. The first-order valence-electron chi connectivity index (χ1n) is 10.7. The number of amides is 2. The smallest absolute Gasteiger partial charge is 0.282 e. The number of ether oxygens (including phenoxy) is 1. The highest BCUT2D eigenvalue weighted by molar-refractivity contribution is 6.45. The van der Waals surface area contributed by atoms with Crippen molar-refractivity contribution in [3.05, 3.63) is 101 Å². The van der Waals surface area contributed by atoms with Gasteiger partial charge in [-0.25, -0.2) is 4.90 Å². The Morgan fingerprint density at radius 1 is 0.879 bits per heavy atom. The third-order valence-electron chi connectivity index (χ3n) is 6.14. The monoisotopic (exact) mass is 435 g/mol. The molecule has 2 heterocycles. The number of benzene rings is 3. The van der Waals surface area contributed by atoms with Gasteiger partial charge in [0.05, 0.1) is 30.0 Å². The number of fused-ring (bicyclic) bond motifs is 1. The van der Waals surface area contributed by atoms with Gasteiger partial charge in [-0.1, -0.05) is 42.5 Å². The maximum atomic E-state index is 13.8. The Labute approximate surface area is 191 Å². The zero-order valence-corrected chi connectivity index (χ0v) is 18.1. The van der Waals surface area contributed by atoms with Crippen LogP contribution in [0.15, 0.2) is 78.5 Å². The van der Waals surface area contributed by atoms with Crippen molar-refractivity contribution in [2.24, 2.45) is 0 Å². The van der Waals surface area contributed by atoms with Gasteiger partial charge >= 0.3 is 0 Å². The highest BCUT2D eigenvalue weighted by Gasteiger charge is 2.43. The zero-order valence-electron chi connectivity index (χ0n) is 18.1. The normalized spacial score (nSPS) is 15.5. The molecule has 0 fully saturated rings. The average Bonchev–Trinajstić information content (AvgIpc) is 3.13. The van der Waals surface area contributed by atoms with Gasteiger partial charge in [0.1, 0.15) is 11.4 Å². The lowest BCUT2D eigenvalue weighted by atomic mass is 9.97. The highest BCUT2D eigenvalue weighted by atomic mass is 16.5. The number of nitrogens with zero attached hydrogens (tertiary/aromatic N) is 3. The van der Waals surface area contributed by atoms with Crippen molar-refractivity contribution in [2.45, 2.75) is 13.0 Å². The number of imide groups is 1. The van der Waals surface area contributed by atoms with Crippen LogP contribution in [0.2, 0.25) is 0 Å². The van der Waals surface area contributed by atoms with Crippen LogP contribution < -0.4 is 9.64 Å². The molecule has 0 N–H and O–H groups in total. The van der Waals surface area contributed by atoms with Gasteiger partial charge in [0.15, 0.2) is 0 Å². The van der Waals surface area contributed by atoms with Gasteiger partial charge < -0.3 is 9.64 Å². The molecule has 3 aromatic carbocycles. The fourth-order valence-electron chi connectivity index (χ4n) is 4.51. The second-order valence-electron chi connectivity index (χ2n) is 7.97. The van der Waals surface area contributed by atoms with E-state index < -0.39 is 5.91 Å². The molecule has 2 amide bonds. The predicted octanol–water partition coefficient (Wildman–Crippen LogP) is 3.91. The van der Waals surface area contributed by atoms with E-state index in [-0.39, 0.29) is 5.91 Å². The lowest BCUT2D eigenvalue weighted by molar-refractivity contribution is -0.120. The lowest BCUT2D eigenvalue weighted by Gasteiger charge is -2.31. The molecule has 2 aliphatic heterocycles. The SMILES string of the molecule is COc1ccccc1C1=C(N2CCc3ccccc3C2)C(=O)N(c2ccc(C#N)cc2)C1=O. The highest BCUT2D eigenvalue weighted by Crippen LogP contribution is 2.39. The molecule has 0 saturated carbocycles. The summed E-state index contributed by atoms with van der Waals surface area (Å²) in [5.74, 6) is -0.238. The van der Waals surface area contributed by atoms with E-state index in [1.54, 1.807) is 43.5 Å². The summed E-state index contributed by atoms with van der Waals surface area (Å²) in [6.45, 7) is 1.18. The molecule has 0 saturated heterocycles. The number of carbonyl (C=O) groups excluding carboxylic acids is 2. The molecule has 33 heavy (non-hydrogen) atoms. The molecule has 5 rings (SSSR count). The van der Waals surface area contributed by atoms with Gasteiger partial charge in [0.25, 0.3) is 11.8 Å². The first-order valence-corrected chi connectivity index (χ1v) is 10.7. The number of nitriles is 1. The Hall–Kier alpha value is -4.37. The van der Waals surface area contributed by atoms with Crippen LogP contribution in [0.4, 0.5) is 5.69 Å². The second kappa shape index (κ2) is 8.29. The molecule has 0 aromatic heterocycles. The quantitative estimate of drug-likeness (QED) is 0.581. The van der Waals surface area contributed by atoms with Crippen molar-refractivity contribution in [2.75, 3.05) is 18.6 Å². The molecule has 3 aromatic rings. The van der Waals surface area contributed by atoms with Crippen LogP contribution in [-0.4, -0.2) is 30.4 Å². The fourth-order valence-corrected chi connectivity index (χ4v) is 4.51. The lowest BCUT2D eigenvalue weighted by Crippen LogP contribution is -2.37. The van der Waals surface area contributed by atoms with Crippen LogP contribution in [-0.2, 0) is 22.6 Å². The van der Waals surface area contributed by atoms with Gasteiger partial charge in [-0.15, -0.1) is 0 Å². The largest absolute Gasteiger partial charge is 0.496 e. The average molecular weight is 435 g/mol. The number of rotatable bonds is 4. The summed E-state index contributed by atoms with van der Waals surface area (Å²) in [5, 5.41) is 9.11. The van der Waals surface area contributed by atoms with E-state index in [9.17, 15) is 9.59 Å². The van der Waals surface area contributed by atoms with E-state index in [1.165, 1.54) is 10.5 Å². The standard InChI is InChI=1S/C27H21N3O3/c1-33-23-9-5-4-8-22(23)24-25(29-15-14-19-6-2-3-7-20(19)17-29)27(32)30(26(24)31)21-12-10-18(16-28)11-13-21/h2-13H,14-15,17H2,1H3. The minimum Gasteiger partial charge on any atom is -0.496 e. The van der Waals surface area contributed by atoms with Crippen LogP contribution in [0.3, 0.4) is 0 Å². The Morgan fingerprint density at radius 2 is 1.58 bits per heavy atom. The van der Waals surface area contributed by atoms with Gasteiger partial charge in [0.2, 0.25) is 0 Å². The van der Waals surface area contributed by atoms with Crippen molar-refractivity contribution < 1.29 is 14.3 Å². The van der Waals surface area contributed by atoms with E-state index in [0.717, 1.165) is 12.0 Å². The Balaban J connectivity index is 1.64. The molecular formula is C27H21N3O3. The minimum absolute atomic E-state index is 0.334. The fraction of sp³-hybridized carbons (Fsp3) is 0.148. The zero-order chi connectivity index (χ0) is 22.9. The Morgan fingerprint density at radius 3 is 2.30 bits per heavy atom. The molecule has 6 nitrogen and oxygen atoms in total. The van der Waals surface area contributed by atoms with Crippen LogP contribution in [0.1, 0.15) is 22.3 Å². The molecule has 0 spiro atoms. The number of para-hydroxylation sites is 1. The second-order valence-corrected chi connectivity index (χ2v) is 7.97. The van der Waals surface area contributed by atoms with Gasteiger partial charge in [-0.2, -0.15) is 5.26 Å². The van der Waals surface area contributed by atoms with E-state index >= 15 is 0 Å². The summed E-state index contributed by atoms with van der Waals surface area (Å²) in [4.78, 5) is 30.7. The molecule has 162 valence electrons. The molecule has 0 bridgehead atoms. The number of anilines is 1. The van der Waals surface area contributed by atoms with Crippen LogP contribution >= 0.6 is 0 Å². The van der Waals surface area contributed by atoms with Crippen molar-refractivity contribution in [1.82, 2.24) is 4.90 Å². The van der Waals surface area contributed by atoms with Crippen molar-refractivity contribution in [3.63, 3.8) is 0 Å². The Bertz CT molecular complexity index is 1340. The topological polar surface area (TPSA) is 73.6 Å². The minimum atomic E-state index is -0.400. The molecule has 0 radical (unpaired) electrons. The van der Waals surface area contributed by atoms with E-state index in [2.05, 4.69) is 18.2 Å². The molecule has 0 unspecified atom stereocenters. The summed E-state index contributed by atoms with van der Waals surface area (Å²) in [6, 6.07) is 24.0.